The molecule has 1 amide bonds. The summed E-state index contributed by atoms with van der Waals surface area (Å²) in [5.41, 5.74) is 3.20. The van der Waals surface area contributed by atoms with Gasteiger partial charge in [-0.05, 0) is 55.0 Å². The Balaban J connectivity index is 1.60. The molecule has 3 aromatic rings. The molecular weight excluding hydrogens is 405 g/mol. The van der Waals surface area contributed by atoms with Gasteiger partial charge >= 0.3 is 0 Å². The van der Waals surface area contributed by atoms with Gasteiger partial charge in [0, 0.05) is 21.2 Å². The van der Waals surface area contributed by atoms with Crippen molar-refractivity contribution in [3.05, 3.63) is 69.4 Å². The topological polar surface area (TPSA) is 54.0 Å². The molecule has 3 rings (SSSR count). The first-order valence-corrected chi connectivity index (χ1v) is 9.20. The van der Waals surface area contributed by atoms with Crippen LogP contribution >= 0.6 is 27.3 Å². The van der Waals surface area contributed by atoms with E-state index in [1.54, 1.807) is 12.1 Å². The van der Waals surface area contributed by atoms with E-state index in [4.69, 9.17) is 0 Å². The SMILES string of the molecule is Cc1cc(Br)ccc1NC(=O)Cc1csc(Nc2ccc(F)cc2)n1. The second-order valence-corrected chi connectivity index (χ2v) is 7.23. The fourth-order valence-corrected chi connectivity index (χ4v) is 3.43. The highest BCUT2D eigenvalue weighted by atomic mass is 79.9. The number of nitrogens with zero attached hydrogens (tertiary/aromatic N) is 1. The quantitative estimate of drug-likeness (QED) is 0.591. The van der Waals surface area contributed by atoms with Gasteiger partial charge < -0.3 is 10.6 Å². The maximum Gasteiger partial charge on any atom is 0.230 e. The zero-order chi connectivity index (χ0) is 17.8. The predicted octanol–water partition coefficient (Wildman–Crippen LogP) is 5.28. The zero-order valence-corrected chi connectivity index (χ0v) is 15.7. The van der Waals surface area contributed by atoms with Crippen molar-refractivity contribution >= 4 is 49.7 Å². The molecule has 2 N–H and O–H groups in total. The smallest absolute Gasteiger partial charge is 0.230 e. The lowest BCUT2D eigenvalue weighted by Crippen LogP contribution is -2.15. The third-order valence-electron chi connectivity index (χ3n) is 3.45. The van der Waals surface area contributed by atoms with Crippen molar-refractivity contribution in [2.75, 3.05) is 10.6 Å². The summed E-state index contributed by atoms with van der Waals surface area (Å²) in [7, 11) is 0. The number of hydrogen-bond donors (Lipinski definition) is 2. The minimum Gasteiger partial charge on any atom is -0.332 e. The maximum atomic E-state index is 12.9. The number of nitrogens with one attached hydrogen (secondary N) is 2. The summed E-state index contributed by atoms with van der Waals surface area (Å²) in [6, 6.07) is 11.7. The van der Waals surface area contributed by atoms with Crippen molar-refractivity contribution in [2.24, 2.45) is 0 Å². The zero-order valence-electron chi connectivity index (χ0n) is 13.3. The number of aromatic nitrogens is 1. The van der Waals surface area contributed by atoms with E-state index in [9.17, 15) is 9.18 Å². The lowest BCUT2D eigenvalue weighted by Gasteiger charge is -2.08. The van der Waals surface area contributed by atoms with Crippen LogP contribution in [-0.4, -0.2) is 10.9 Å². The van der Waals surface area contributed by atoms with Crippen LogP contribution < -0.4 is 10.6 Å². The van der Waals surface area contributed by atoms with Crippen molar-refractivity contribution in [1.82, 2.24) is 4.98 Å². The highest BCUT2D eigenvalue weighted by Crippen LogP contribution is 2.23. The monoisotopic (exact) mass is 419 g/mol. The average Bonchev–Trinajstić information content (AvgIpc) is 2.99. The molecule has 0 radical (unpaired) electrons. The number of amides is 1. The normalized spacial score (nSPS) is 10.5. The molecule has 0 atom stereocenters. The number of anilines is 3. The van der Waals surface area contributed by atoms with E-state index in [0.717, 1.165) is 21.4 Å². The molecule has 0 spiro atoms. The lowest BCUT2D eigenvalue weighted by molar-refractivity contribution is -0.115. The number of carbonyl (C=O) groups is 1. The number of halogens is 2. The Bertz CT molecular complexity index is 896. The second kappa shape index (κ2) is 7.76. The van der Waals surface area contributed by atoms with Crippen molar-refractivity contribution in [3.8, 4) is 0 Å². The van der Waals surface area contributed by atoms with E-state index in [0.29, 0.717) is 10.8 Å². The van der Waals surface area contributed by atoms with Gasteiger partial charge in [-0.25, -0.2) is 9.37 Å². The van der Waals surface area contributed by atoms with E-state index in [1.807, 2.05) is 30.5 Å². The lowest BCUT2D eigenvalue weighted by atomic mass is 10.2. The van der Waals surface area contributed by atoms with Gasteiger partial charge in [0.25, 0.3) is 0 Å². The van der Waals surface area contributed by atoms with Crippen LogP contribution in [0.5, 0.6) is 0 Å². The highest BCUT2D eigenvalue weighted by molar-refractivity contribution is 9.10. The van der Waals surface area contributed by atoms with Crippen LogP contribution in [-0.2, 0) is 11.2 Å². The molecule has 25 heavy (non-hydrogen) atoms. The number of thiazole rings is 1. The van der Waals surface area contributed by atoms with Crippen molar-refractivity contribution < 1.29 is 9.18 Å². The summed E-state index contributed by atoms with van der Waals surface area (Å²) in [5, 5.41) is 8.48. The summed E-state index contributed by atoms with van der Waals surface area (Å²) in [4.78, 5) is 16.6. The Labute approximate surface area is 157 Å². The van der Waals surface area contributed by atoms with Crippen LogP contribution in [0.3, 0.4) is 0 Å². The molecule has 0 saturated carbocycles. The van der Waals surface area contributed by atoms with Gasteiger partial charge in [0.2, 0.25) is 5.91 Å². The minimum absolute atomic E-state index is 0.121. The van der Waals surface area contributed by atoms with Crippen molar-refractivity contribution in [2.45, 2.75) is 13.3 Å². The number of carbonyl (C=O) groups excluding carboxylic acids is 1. The summed E-state index contributed by atoms with van der Waals surface area (Å²) < 4.78 is 13.9. The van der Waals surface area contributed by atoms with Gasteiger partial charge in [-0.3, -0.25) is 4.79 Å². The molecular formula is C18H15BrFN3OS. The molecule has 0 bridgehead atoms. The molecule has 0 unspecified atom stereocenters. The molecule has 2 aromatic carbocycles. The predicted molar refractivity (Wildman–Crippen MR) is 103 cm³/mol. The Kier molecular flexibility index (Phi) is 5.45. The first-order chi connectivity index (χ1) is 12.0. The molecule has 4 nitrogen and oxygen atoms in total. The number of aryl methyl sites for hydroxylation is 1. The van der Waals surface area contributed by atoms with Crippen LogP contribution in [0.25, 0.3) is 0 Å². The van der Waals surface area contributed by atoms with E-state index >= 15 is 0 Å². The Morgan fingerprint density at radius 2 is 2.00 bits per heavy atom. The van der Waals surface area contributed by atoms with Gasteiger partial charge in [0.15, 0.2) is 5.13 Å². The van der Waals surface area contributed by atoms with Crippen LogP contribution in [0.4, 0.5) is 20.9 Å². The van der Waals surface area contributed by atoms with Crippen LogP contribution in [0.2, 0.25) is 0 Å². The molecule has 7 heteroatoms. The first-order valence-electron chi connectivity index (χ1n) is 7.52. The summed E-state index contributed by atoms with van der Waals surface area (Å²) in [6.45, 7) is 1.94. The van der Waals surface area contributed by atoms with E-state index in [2.05, 4.69) is 31.5 Å². The molecule has 1 aromatic heterocycles. The largest absolute Gasteiger partial charge is 0.332 e. The van der Waals surface area contributed by atoms with E-state index in [-0.39, 0.29) is 18.1 Å². The van der Waals surface area contributed by atoms with E-state index in [1.165, 1.54) is 23.5 Å². The van der Waals surface area contributed by atoms with Crippen LogP contribution in [0.1, 0.15) is 11.3 Å². The molecule has 0 fully saturated rings. The molecule has 128 valence electrons. The summed E-state index contributed by atoms with van der Waals surface area (Å²) >= 11 is 4.80. The molecule has 0 aliphatic carbocycles. The summed E-state index contributed by atoms with van der Waals surface area (Å²) in [5.74, 6) is -0.408. The first kappa shape index (κ1) is 17.6. The number of benzene rings is 2. The number of hydrogen-bond acceptors (Lipinski definition) is 4. The second-order valence-electron chi connectivity index (χ2n) is 5.46. The third kappa shape index (κ3) is 4.87. The van der Waals surface area contributed by atoms with E-state index < -0.39 is 0 Å². The van der Waals surface area contributed by atoms with Gasteiger partial charge in [0.05, 0.1) is 12.1 Å². The van der Waals surface area contributed by atoms with Crippen LogP contribution in [0, 0.1) is 12.7 Å². The number of rotatable bonds is 5. The van der Waals surface area contributed by atoms with Crippen LogP contribution in [0.15, 0.2) is 52.3 Å². The average molecular weight is 420 g/mol. The fraction of sp³-hybridized carbons (Fsp3) is 0.111. The van der Waals surface area contributed by atoms with Crippen molar-refractivity contribution in [1.29, 1.82) is 0 Å². The molecule has 0 aliphatic heterocycles. The third-order valence-corrected chi connectivity index (χ3v) is 4.75. The Morgan fingerprint density at radius 3 is 2.72 bits per heavy atom. The van der Waals surface area contributed by atoms with Crippen molar-refractivity contribution in [3.63, 3.8) is 0 Å². The Hall–Kier alpha value is -2.25. The minimum atomic E-state index is -0.287. The molecule has 0 aliphatic rings. The highest BCUT2D eigenvalue weighted by Gasteiger charge is 2.10. The van der Waals surface area contributed by atoms with Gasteiger partial charge in [-0.1, -0.05) is 15.9 Å². The fourth-order valence-electron chi connectivity index (χ4n) is 2.23. The maximum absolute atomic E-state index is 12.9. The molecule has 0 saturated heterocycles. The van der Waals surface area contributed by atoms with Gasteiger partial charge in [-0.2, -0.15) is 0 Å². The Morgan fingerprint density at radius 1 is 1.24 bits per heavy atom. The summed E-state index contributed by atoms with van der Waals surface area (Å²) in [6.07, 6.45) is 0.192. The molecule has 1 heterocycles. The van der Waals surface area contributed by atoms with Gasteiger partial charge in [0.1, 0.15) is 5.82 Å². The standard InChI is InChI=1S/C18H15BrFN3OS/c1-11-8-12(19)2-7-16(11)23-17(24)9-15-10-25-18(22-15)21-14-5-3-13(20)4-6-14/h2-8,10H,9H2,1H3,(H,21,22)(H,23,24). The van der Waals surface area contributed by atoms with Gasteiger partial charge in [-0.15, -0.1) is 11.3 Å².